The van der Waals surface area contributed by atoms with Gasteiger partial charge in [0, 0.05) is 19.3 Å². The molecule has 6 nitrogen and oxygen atoms in total. The minimum absolute atomic E-state index is 0.0764. The van der Waals surface area contributed by atoms with Crippen molar-refractivity contribution in [3.05, 3.63) is 72.9 Å². The van der Waals surface area contributed by atoms with Gasteiger partial charge < -0.3 is 14.2 Å². The Balaban J connectivity index is 4.28. The zero-order valence-corrected chi connectivity index (χ0v) is 55.5. The minimum atomic E-state index is -0.782. The maximum Gasteiger partial charge on any atom is 0.306 e. The van der Waals surface area contributed by atoms with Crippen molar-refractivity contribution >= 4 is 17.9 Å². The Labute approximate surface area is 516 Å². The van der Waals surface area contributed by atoms with E-state index < -0.39 is 6.10 Å². The highest BCUT2D eigenvalue weighted by molar-refractivity contribution is 5.71. The lowest BCUT2D eigenvalue weighted by molar-refractivity contribution is -0.167. The number of hydrogen-bond acceptors (Lipinski definition) is 6. The molecule has 0 aromatic heterocycles. The van der Waals surface area contributed by atoms with E-state index in [1.54, 1.807) is 0 Å². The maximum absolute atomic E-state index is 13.0. The van der Waals surface area contributed by atoms with E-state index in [1.807, 2.05) is 0 Å². The first-order valence-electron chi connectivity index (χ1n) is 36.4. The first kappa shape index (κ1) is 79.8. The van der Waals surface area contributed by atoms with Gasteiger partial charge in [-0.25, -0.2) is 0 Å². The summed E-state index contributed by atoms with van der Waals surface area (Å²) < 4.78 is 17.0. The van der Waals surface area contributed by atoms with Crippen molar-refractivity contribution in [1.29, 1.82) is 0 Å². The number of ether oxygens (including phenoxy) is 3. The molecule has 0 radical (unpaired) electrons. The molecule has 1 unspecified atom stereocenters. The van der Waals surface area contributed by atoms with Crippen LogP contribution in [0.4, 0.5) is 0 Å². The fraction of sp³-hybridized carbons (Fsp3) is 0.805. The Hall–Kier alpha value is -3.15. The highest BCUT2D eigenvalue weighted by Gasteiger charge is 2.19. The zero-order valence-electron chi connectivity index (χ0n) is 55.5. The minimum Gasteiger partial charge on any atom is -0.462 e. The fourth-order valence-electron chi connectivity index (χ4n) is 10.7. The summed E-state index contributed by atoms with van der Waals surface area (Å²) in [5.74, 6) is -0.867. The average molecular weight is 1160 g/mol. The molecule has 0 heterocycles. The summed E-state index contributed by atoms with van der Waals surface area (Å²) in [6.45, 7) is 6.57. The third kappa shape index (κ3) is 69.5. The van der Waals surface area contributed by atoms with Crippen LogP contribution in [0.25, 0.3) is 0 Å². The zero-order chi connectivity index (χ0) is 59.9. The second kappa shape index (κ2) is 71.3. The number of unbranched alkanes of at least 4 members (excludes halogenated alkanes) is 44. The Morgan fingerprint density at radius 3 is 0.747 bits per heavy atom. The summed E-state index contributed by atoms with van der Waals surface area (Å²) in [7, 11) is 0. The lowest BCUT2D eigenvalue weighted by atomic mass is 10.0. The quantitative estimate of drug-likeness (QED) is 0.0261. The van der Waals surface area contributed by atoms with Crippen molar-refractivity contribution in [1.82, 2.24) is 0 Å². The molecule has 0 saturated carbocycles. The molecule has 0 aliphatic heterocycles. The number of rotatable bonds is 67. The Bertz CT molecular complexity index is 1520. The molecule has 6 heteroatoms. The third-order valence-corrected chi connectivity index (χ3v) is 16.2. The fourth-order valence-corrected chi connectivity index (χ4v) is 10.7. The van der Waals surface area contributed by atoms with Gasteiger partial charge in [0.25, 0.3) is 0 Å². The molecular weight excluding hydrogens is 1020 g/mol. The summed E-state index contributed by atoms with van der Waals surface area (Å²) in [6, 6.07) is 0. The van der Waals surface area contributed by atoms with E-state index in [0.29, 0.717) is 19.3 Å². The van der Waals surface area contributed by atoms with E-state index >= 15 is 0 Å². The maximum atomic E-state index is 13.0. The number of carbonyl (C=O) groups is 3. The summed E-state index contributed by atoms with van der Waals surface area (Å²) in [4.78, 5) is 38.5. The van der Waals surface area contributed by atoms with E-state index in [-0.39, 0.29) is 31.1 Å². The predicted molar refractivity (Wildman–Crippen MR) is 362 cm³/mol. The summed E-state index contributed by atoms with van der Waals surface area (Å²) in [5, 5.41) is 0. The summed E-state index contributed by atoms with van der Waals surface area (Å²) >= 11 is 0. The molecule has 0 N–H and O–H groups in total. The van der Waals surface area contributed by atoms with E-state index in [4.69, 9.17) is 14.2 Å². The molecule has 0 aromatic carbocycles. The standard InChI is InChI=1S/C77H138O6/c1-4-7-10-13-16-19-22-25-28-30-32-34-36-37-38-39-41-42-44-46-49-52-55-58-61-64-67-70-76(79)82-73-74(72-81-75(78)69-66-63-60-57-54-51-48-27-24-21-18-15-12-9-6-3)83-77(80)71-68-65-62-59-56-53-50-47-45-43-40-35-33-31-29-26-23-20-17-14-11-8-5-2/h8,11,17,20,26-27,29-30,32-33,35,48,74H,4-7,9-10,12-16,18-19,21-25,28,31,34,36-47,49-73H2,1-3H3/b11-8-,20-17-,29-26-,32-30-,35-33-,48-27-. The van der Waals surface area contributed by atoms with Gasteiger partial charge in [0.1, 0.15) is 13.2 Å². The molecule has 0 bridgehead atoms. The van der Waals surface area contributed by atoms with E-state index in [9.17, 15) is 14.4 Å². The number of hydrogen-bond donors (Lipinski definition) is 0. The molecule has 482 valence electrons. The summed E-state index contributed by atoms with van der Waals surface area (Å²) in [6.07, 6.45) is 93.6. The van der Waals surface area contributed by atoms with Crippen LogP contribution in [0.5, 0.6) is 0 Å². The molecule has 0 fully saturated rings. The van der Waals surface area contributed by atoms with Crippen molar-refractivity contribution in [2.75, 3.05) is 13.2 Å². The van der Waals surface area contributed by atoms with E-state index in [1.165, 1.54) is 250 Å². The topological polar surface area (TPSA) is 78.9 Å². The molecule has 0 amide bonds. The van der Waals surface area contributed by atoms with Crippen molar-refractivity contribution in [2.45, 2.75) is 386 Å². The van der Waals surface area contributed by atoms with Crippen LogP contribution in [-0.2, 0) is 28.6 Å². The smallest absolute Gasteiger partial charge is 0.306 e. The molecular formula is C77H138O6. The van der Waals surface area contributed by atoms with Gasteiger partial charge in [0.05, 0.1) is 0 Å². The van der Waals surface area contributed by atoms with Crippen LogP contribution >= 0.6 is 0 Å². The number of esters is 3. The van der Waals surface area contributed by atoms with E-state index in [0.717, 1.165) is 89.9 Å². The second-order valence-corrected chi connectivity index (χ2v) is 24.5. The monoisotopic (exact) mass is 1160 g/mol. The largest absolute Gasteiger partial charge is 0.462 e. The lowest BCUT2D eigenvalue weighted by Crippen LogP contribution is -2.30. The van der Waals surface area contributed by atoms with Gasteiger partial charge in [-0.3, -0.25) is 14.4 Å². The molecule has 0 saturated heterocycles. The summed E-state index contributed by atoms with van der Waals surface area (Å²) in [5.41, 5.74) is 0. The van der Waals surface area contributed by atoms with Crippen LogP contribution in [0.15, 0.2) is 72.9 Å². The van der Waals surface area contributed by atoms with Gasteiger partial charge in [-0.15, -0.1) is 0 Å². The lowest BCUT2D eigenvalue weighted by Gasteiger charge is -2.18. The number of allylic oxidation sites excluding steroid dienone is 12. The first-order valence-corrected chi connectivity index (χ1v) is 36.4. The number of carbonyl (C=O) groups excluding carboxylic acids is 3. The normalized spacial score (nSPS) is 12.5. The third-order valence-electron chi connectivity index (χ3n) is 16.2. The molecule has 0 aliphatic carbocycles. The van der Waals surface area contributed by atoms with E-state index in [2.05, 4.69) is 93.7 Å². The van der Waals surface area contributed by atoms with Crippen molar-refractivity contribution in [3.63, 3.8) is 0 Å². The van der Waals surface area contributed by atoms with Crippen LogP contribution in [-0.4, -0.2) is 37.2 Å². The molecule has 0 aliphatic rings. The van der Waals surface area contributed by atoms with Crippen molar-refractivity contribution in [2.24, 2.45) is 0 Å². The van der Waals surface area contributed by atoms with Crippen LogP contribution in [0.1, 0.15) is 380 Å². The van der Waals surface area contributed by atoms with Crippen LogP contribution in [0.3, 0.4) is 0 Å². The van der Waals surface area contributed by atoms with Crippen molar-refractivity contribution < 1.29 is 28.6 Å². The Morgan fingerprint density at radius 2 is 0.470 bits per heavy atom. The van der Waals surface area contributed by atoms with Gasteiger partial charge in [0.15, 0.2) is 6.10 Å². The van der Waals surface area contributed by atoms with Gasteiger partial charge in [-0.1, -0.05) is 325 Å². The van der Waals surface area contributed by atoms with Gasteiger partial charge in [-0.2, -0.15) is 0 Å². The molecule has 83 heavy (non-hydrogen) atoms. The van der Waals surface area contributed by atoms with Crippen LogP contribution in [0, 0.1) is 0 Å². The molecule has 1 atom stereocenters. The van der Waals surface area contributed by atoms with Gasteiger partial charge >= 0.3 is 17.9 Å². The molecule has 0 spiro atoms. The molecule has 0 aromatic rings. The highest BCUT2D eigenvalue weighted by Crippen LogP contribution is 2.18. The van der Waals surface area contributed by atoms with Gasteiger partial charge in [-0.05, 0) is 109 Å². The average Bonchev–Trinajstić information content (AvgIpc) is 3.49. The highest BCUT2D eigenvalue weighted by atomic mass is 16.6. The van der Waals surface area contributed by atoms with Gasteiger partial charge in [0.2, 0.25) is 0 Å². The molecule has 0 rings (SSSR count). The second-order valence-electron chi connectivity index (χ2n) is 24.5. The van der Waals surface area contributed by atoms with Crippen LogP contribution in [0.2, 0.25) is 0 Å². The predicted octanol–water partition coefficient (Wildman–Crippen LogP) is 25.2. The Morgan fingerprint density at radius 1 is 0.253 bits per heavy atom. The Kier molecular flexibility index (Phi) is 68.6. The van der Waals surface area contributed by atoms with Crippen LogP contribution < -0.4 is 0 Å². The SMILES string of the molecule is CC/C=C\C/C=C\C/C=C\C/C=C\CCCCCCCCCCCCC(=O)OC(COC(=O)CCCCCCC/C=C\CCCCCCCC)COC(=O)CCCCCCCCCCCCCCCCC/C=C\CCCCCCCCCC. The van der Waals surface area contributed by atoms with Crippen molar-refractivity contribution in [3.8, 4) is 0 Å². The first-order chi connectivity index (χ1) is 41.0.